The first-order chi connectivity index (χ1) is 9.26. The molecule has 0 aliphatic heterocycles. The number of nitrogens with one attached hydrogen (secondary N) is 2. The summed E-state index contributed by atoms with van der Waals surface area (Å²) in [6.07, 6.45) is 3.18. The van der Waals surface area contributed by atoms with Crippen LogP contribution in [0.3, 0.4) is 0 Å². The second kappa shape index (κ2) is 5.57. The van der Waals surface area contributed by atoms with Crippen molar-refractivity contribution in [2.75, 3.05) is 22.8 Å². The fourth-order valence-corrected chi connectivity index (χ4v) is 2.80. The van der Waals surface area contributed by atoms with Gasteiger partial charge in [0.05, 0.1) is 11.2 Å². The third-order valence-corrected chi connectivity index (χ3v) is 3.88. The first kappa shape index (κ1) is 15.0. The number of rotatable bonds is 6. The maximum atomic E-state index is 11.3. The molecule has 1 fully saturated rings. The molecule has 0 atom stereocenters. The molecular formula is C11H14BrN3O4S. The first-order valence-electron chi connectivity index (χ1n) is 5.96. The van der Waals surface area contributed by atoms with Crippen LogP contribution in [-0.4, -0.2) is 26.1 Å². The largest absolute Gasteiger partial charge is 0.379 e. The van der Waals surface area contributed by atoms with Crippen molar-refractivity contribution in [2.24, 2.45) is 5.92 Å². The van der Waals surface area contributed by atoms with Gasteiger partial charge in [-0.3, -0.25) is 14.8 Å². The average Bonchev–Trinajstić information content (AvgIpc) is 3.06. The molecule has 0 aromatic heterocycles. The second-order valence-electron chi connectivity index (χ2n) is 4.81. The van der Waals surface area contributed by atoms with E-state index in [1.54, 1.807) is 6.07 Å². The summed E-state index contributed by atoms with van der Waals surface area (Å²) in [5.74, 6) is 0.542. The summed E-state index contributed by atoms with van der Waals surface area (Å²) >= 11 is 3.23. The van der Waals surface area contributed by atoms with Crippen molar-refractivity contribution < 1.29 is 13.3 Å². The van der Waals surface area contributed by atoms with Crippen LogP contribution in [0.2, 0.25) is 0 Å². The molecule has 1 saturated carbocycles. The number of nitrogens with zero attached hydrogens (tertiary/aromatic N) is 1. The van der Waals surface area contributed by atoms with Crippen LogP contribution in [0.5, 0.6) is 0 Å². The number of anilines is 2. The summed E-state index contributed by atoms with van der Waals surface area (Å²) in [5.41, 5.74) is -0.00753. The molecular weight excluding hydrogens is 350 g/mol. The Labute approximate surface area is 125 Å². The zero-order valence-corrected chi connectivity index (χ0v) is 13.1. The van der Waals surface area contributed by atoms with Crippen molar-refractivity contribution in [1.82, 2.24) is 0 Å². The molecule has 0 amide bonds. The zero-order valence-electron chi connectivity index (χ0n) is 10.7. The van der Waals surface area contributed by atoms with E-state index in [2.05, 4.69) is 26.0 Å². The van der Waals surface area contributed by atoms with E-state index in [1.165, 1.54) is 6.07 Å². The van der Waals surface area contributed by atoms with Gasteiger partial charge in [0.1, 0.15) is 11.4 Å². The van der Waals surface area contributed by atoms with Crippen LogP contribution in [0.4, 0.5) is 17.1 Å². The van der Waals surface area contributed by atoms with E-state index in [0.29, 0.717) is 22.6 Å². The van der Waals surface area contributed by atoms with Crippen molar-refractivity contribution >= 4 is 43.0 Å². The Hall–Kier alpha value is -1.35. The van der Waals surface area contributed by atoms with Crippen molar-refractivity contribution in [3.05, 3.63) is 26.7 Å². The van der Waals surface area contributed by atoms with Gasteiger partial charge in [0.25, 0.3) is 0 Å². The van der Waals surface area contributed by atoms with E-state index in [-0.39, 0.29) is 11.4 Å². The number of sulfonamides is 1. The van der Waals surface area contributed by atoms with E-state index in [4.69, 9.17) is 0 Å². The molecule has 1 aromatic rings. The highest BCUT2D eigenvalue weighted by atomic mass is 79.9. The molecule has 0 saturated heterocycles. The van der Waals surface area contributed by atoms with Gasteiger partial charge in [-0.25, -0.2) is 8.42 Å². The van der Waals surface area contributed by atoms with Gasteiger partial charge in [0.2, 0.25) is 10.0 Å². The van der Waals surface area contributed by atoms with E-state index in [9.17, 15) is 18.5 Å². The number of nitro benzene ring substituents is 1. The summed E-state index contributed by atoms with van der Waals surface area (Å²) in [7, 11) is -3.59. The number of hydrogen-bond acceptors (Lipinski definition) is 5. The predicted octanol–water partition coefficient (Wildman–Crippen LogP) is 2.55. The lowest BCUT2D eigenvalue weighted by atomic mass is 10.2. The minimum absolute atomic E-state index is 0.0508. The van der Waals surface area contributed by atoms with E-state index >= 15 is 0 Å². The molecule has 0 unspecified atom stereocenters. The average molecular weight is 364 g/mol. The maximum absolute atomic E-state index is 11.3. The quantitative estimate of drug-likeness (QED) is 0.597. The number of nitro groups is 1. The Morgan fingerprint density at radius 1 is 1.40 bits per heavy atom. The van der Waals surface area contributed by atoms with Crippen molar-refractivity contribution in [2.45, 2.75) is 12.8 Å². The predicted molar refractivity (Wildman–Crippen MR) is 80.5 cm³/mol. The SMILES string of the molecule is CS(=O)(=O)Nc1cc(Br)cc(NCC2CC2)c1[N+](=O)[O-]. The van der Waals surface area contributed by atoms with Crippen LogP contribution in [-0.2, 0) is 10.0 Å². The topological polar surface area (TPSA) is 101 Å². The number of benzene rings is 1. The normalized spacial score (nSPS) is 14.9. The summed E-state index contributed by atoms with van der Waals surface area (Å²) < 4.78 is 25.3. The molecule has 9 heteroatoms. The Balaban J connectivity index is 2.39. The van der Waals surface area contributed by atoms with Gasteiger partial charge < -0.3 is 5.32 Å². The van der Waals surface area contributed by atoms with Crippen molar-refractivity contribution in [1.29, 1.82) is 0 Å². The highest BCUT2D eigenvalue weighted by molar-refractivity contribution is 9.10. The molecule has 2 N–H and O–H groups in total. The van der Waals surface area contributed by atoms with Gasteiger partial charge in [-0.05, 0) is 30.9 Å². The van der Waals surface area contributed by atoms with Crippen LogP contribution in [0.1, 0.15) is 12.8 Å². The number of halogens is 1. The summed E-state index contributed by atoms with van der Waals surface area (Å²) in [5, 5.41) is 14.2. The van der Waals surface area contributed by atoms with E-state index in [1.807, 2.05) is 0 Å². The molecule has 1 aliphatic carbocycles. The Bertz CT molecular complexity index is 643. The summed E-state index contributed by atoms with van der Waals surface area (Å²) in [6, 6.07) is 2.95. The molecule has 20 heavy (non-hydrogen) atoms. The fourth-order valence-electron chi connectivity index (χ4n) is 1.78. The minimum Gasteiger partial charge on any atom is -0.379 e. The minimum atomic E-state index is -3.59. The lowest BCUT2D eigenvalue weighted by Gasteiger charge is -2.11. The molecule has 0 spiro atoms. The summed E-state index contributed by atoms with van der Waals surface area (Å²) in [4.78, 5) is 10.6. The molecule has 1 aromatic carbocycles. The van der Waals surface area contributed by atoms with Crippen LogP contribution in [0, 0.1) is 16.0 Å². The van der Waals surface area contributed by atoms with Gasteiger partial charge >= 0.3 is 5.69 Å². The standard InChI is InChI=1S/C11H14BrN3O4S/c1-20(18,19)14-10-5-8(12)4-9(11(10)15(16)17)13-6-7-2-3-7/h4-5,7,13-14H,2-3,6H2,1H3. The molecule has 0 bridgehead atoms. The Morgan fingerprint density at radius 3 is 2.50 bits per heavy atom. The van der Waals surface area contributed by atoms with Gasteiger partial charge in [0, 0.05) is 11.0 Å². The van der Waals surface area contributed by atoms with Crippen molar-refractivity contribution in [3.8, 4) is 0 Å². The third kappa shape index (κ3) is 4.07. The highest BCUT2D eigenvalue weighted by Crippen LogP contribution is 2.38. The second-order valence-corrected chi connectivity index (χ2v) is 7.47. The zero-order chi connectivity index (χ0) is 14.9. The van der Waals surface area contributed by atoms with Crippen LogP contribution in [0.15, 0.2) is 16.6 Å². The lowest BCUT2D eigenvalue weighted by Crippen LogP contribution is -2.13. The molecule has 110 valence electrons. The molecule has 1 aliphatic rings. The lowest BCUT2D eigenvalue weighted by molar-refractivity contribution is -0.383. The molecule has 0 radical (unpaired) electrons. The van der Waals surface area contributed by atoms with Gasteiger partial charge in [-0.1, -0.05) is 15.9 Å². The van der Waals surface area contributed by atoms with Crippen LogP contribution in [0.25, 0.3) is 0 Å². The Kier molecular flexibility index (Phi) is 4.19. The smallest absolute Gasteiger partial charge is 0.316 e. The van der Waals surface area contributed by atoms with Gasteiger partial charge in [-0.15, -0.1) is 0 Å². The van der Waals surface area contributed by atoms with Crippen LogP contribution < -0.4 is 10.0 Å². The van der Waals surface area contributed by atoms with E-state index < -0.39 is 14.9 Å². The molecule has 0 heterocycles. The fraction of sp³-hybridized carbons (Fsp3) is 0.455. The van der Waals surface area contributed by atoms with E-state index in [0.717, 1.165) is 19.1 Å². The third-order valence-electron chi connectivity index (χ3n) is 2.83. The highest BCUT2D eigenvalue weighted by Gasteiger charge is 2.26. The first-order valence-corrected chi connectivity index (χ1v) is 8.64. The maximum Gasteiger partial charge on any atom is 0.316 e. The van der Waals surface area contributed by atoms with Gasteiger partial charge in [0.15, 0.2) is 0 Å². The monoisotopic (exact) mass is 363 g/mol. The Morgan fingerprint density at radius 2 is 2.00 bits per heavy atom. The molecule has 7 nitrogen and oxygen atoms in total. The van der Waals surface area contributed by atoms with Crippen molar-refractivity contribution in [3.63, 3.8) is 0 Å². The van der Waals surface area contributed by atoms with Gasteiger partial charge in [-0.2, -0.15) is 0 Å². The summed E-state index contributed by atoms with van der Waals surface area (Å²) in [6.45, 7) is 0.648. The molecule has 2 rings (SSSR count). The number of hydrogen-bond donors (Lipinski definition) is 2. The van der Waals surface area contributed by atoms with Crippen LogP contribution >= 0.6 is 15.9 Å².